The molecule has 1 heterocycles. The Hall–Kier alpha value is -3.64. The third kappa shape index (κ3) is 4.98. The largest absolute Gasteiger partial charge is 0.490 e. The molecule has 1 aliphatic heterocycles. The molecule has 0 fully saturated rings. The fourth-order valence-corrected chi connectivity index (χ4v) is 3.19. The van der Waals surface area contributed by atoms with E-state index in [2.05, 4.69) is 4.99 Å². The van der Waals surface area contributed by atoms with Gasteiger partial charge < -0.3 is 14.2 Å². The molecule has 4 rings (SSSR count). The van der Waals surface area contributed by atoms with Gasteiger partial charge in [0.1, 0.15) is 12.4 Å². The normalized spacial score (nSPS) is 14.3. The number of aliphatic imine (C=N–C) groups is 1. The monoisotopic (exact) mass is 451 g/mol. The van der Waals surface area contributed by atoms with Crippen LogP contribution in [0.3, 0.4) is 0 Å². The van der Waals surface area contributed by atoms with Crippen LogP contribution in [-0.4, -0.2) is 18.5 Å². The lowest BCUT2D eigenvalue weighted by molar-refractivity contribution is -0.129. The molecular formula is C25H19ClFNO4. The van der Waals surface area contributed by atoms with Crippen molar-refractivity contribution in [2.24, 2.45) is 4.99 Å². The standard InChI is InChI=1S/C25H19ClFNO4/c1-2-30-23-14-17(9-12-22(23)31-15-16-7-10-18(26)11-8-16)13-21-25(29)32-24(28-21)19-5-3-4-6-20(19)27/h3-14H,2,15H2,1H3/b21-13+. The Morgan fingerprint density at radius 2 is 1.81 bits per heavy atom. The van der Waals surface area contributed by atoms with Gasteiger partial charge in [0, 0.05) is 5.02 Å². The topological polar surface area (TPSA) is 57.1 Å². The van der Waals surface area contributed by atoms with Crippen LogP contribution < -0.4 is 9.47 Å². The maximum absolute atomic E-state index is 14.0. The Balaban J connectivity index is 1.56. The minimum absolute atomic E-state index is 0.0627. The highest BCUT2D eigenvalue weighted by Gasteiger charge is 2.26. The second kappa shape index (κ2) is 9.66. The molecule has 0 saturated carbocycles. The maximum Gasteiger partial charge on any atom is 0.363 e. The summed E-state index contributed by atoms with van der Waals surface area (Å²) in [6.07, 6.45) is 1.56. The summed E-state index contributed by atoms with van der Waals surface area (Å²) in [4.78, 5) is 16.4. The first-order chi connectivity index (χ1) is 15.5. The van der Waals surface area contributed by atoms with E-state index in [0.29, 0.717) is 35.3 Å². The summed E-state index contributed by atoms with van der Waals surface area (Å²) in [5.41, 5.74) is 1.83. The number of cyclic esters (lactones) is 1. The fourth-order valence-electron chi connectivity index (χ4n) is 3.06. The summed E-state index contributed by atoms with van der Waals surface area (Å²) in [7, 11) is 0. The number of hydrogen-bond acceptors (Lipinski definition) is 5. The molecule has 0 unspecified atom stereocenters. The molecule has 5 nitrogen and oxygen atoms in total. The van der Waals surface area contributed by atoms with E-state index in [1.165, 1.54) is 12.1 Å². The van der Waals surface area contributed by atoms with E-state index in [1.807, 2.05) is 19.1 Å². The minimum atomic E-state index is -0.649. The van der Waals surface area contributed by atoms with Gasteiger partial charge in [0.25, 0.3) is 0 Å². The van der Waals surface area contributed by atoms with Gasteiger partial charge in [-0.15, -0.1) is 0 Å². The van der Waals surface area contributed by atoms with Gasteiger partial charge in [-0.3, -0.25) is 0 Å². The summed E-state index contributed by atoms with van der Waals surface area (Å²) < 4.78 is 30.7. The first-order valence-corrected chi connectivity index (χ1v) is 10.3. The summed E-state index contributed by atoms with van der Waals surface area (Å²) >= 11 is 5.92. The third-order valence-electron chi connectivity index (χ3n) is 4.60. The van der Waals surface area contributed by atoms with Gasteiger partial charge in [-0.2, -0.15) is 0 Å². The van der Waals surface area contributed by atoms with Crippen molar-refractivity contribution in [3.05, 3.63) is 100.0 Å². The van der Waals surface area contributed by atoms with Crippen molar-refractivity contribution in [3.8, 4) is 11.5 Å². The van der Waals surface area contributed by atoms with Crippen molar-refractivity contribution in [1.29, 1.82) is 0 Å². The summed E-state index contributed by atoms with van der Waals surface area (Å²) in [5.74, 6) is -0.133. The molecule has 3 aromatic carbocycles. The van der Waals surface area contributed by atoms with Crippen LogP contribution in [0.1, 0.15) is 23.6 Å². The van der Waals surface area contributed by atoms with Gasteiger partial charge in [0.15, 0.2) is 17.2 Å². The minimum Gasteiger partial charge on any atom is -0.490 e. The van der Waals surface area contributed by atoms with E-state index in [9.17, 15) is 9.18 Å². The smallest absolute Gasteiger partial charge is 0.363 e. The number of carbonyl (C=O) groups is 1. The molecular weight excluding hydrogens is 433 g/mol. The molecule has 1 aliphatic rings. The molecule has 0 N–H and O–H groups in total. The lowest BCUT2D eigenvalue weighted by Crippen LogP contribution is -2.07. The molecule has 7 heteroatoms. The number of ether oxygens (including phenoxy) is 3. The lowest BCUT2D eigenvalue weighted by Gasteiger charge is -2.13. The van der Waals surface area contributed by atoms with Crippen molar-refractivity contribution in [1.82, 2.24) is 0 Å². The quantitative estimate of drug-likeness (QED) is 0.336. The molecule has 32 heavy (non-hydrogen) atoms. The highest BCUT2D eigenvalue weighted by molar-refractivity contribution is 6.30. The number of esters is 1. The number of hydrogen-bond donors (Lipinski definition) is 0. The molecule has 3 aromatic rings. The zero-order valence-corrected chi connectivity index (χ0v) is 17.9. The van der Waals surface area contributed by atoms with E-state index in [1.54, 1.807) is 48.5 Å². The van der Waals surface area contributed by atoms with Gasteiger partial charge in [0.2, 0.25) is 5.90 Å². The van der Waals surface area contributed by atoms with Crippen molar-refractivity contribution >= 4 is 29.5 Å². The maximum atomic E-state index is 14.0. The highest BCUT2D eigenvalue weighted by atomic mass is 35.5. The van der Waals surface area contributed by atoms with Crippen molar-refractivity contribution in [2.45, 2.75) is 13.5 Å². The number of carbonyl (C=O) groups excluding carboxylic acids is 1. The Morgan fingerprint density at radius 3 is 2.56 bits per heavy atom. The van der Waals surface area contributed by atoms with Crippen molar-refractivity contribution < 1.29 is 23.4 Å². The van der Waals surface area contributed by atoms with E-state index < -0.39 is 11.8 Å². The average Bonchev–Trinajstić information content (AvgIpc) is 3.15. The fraction of sp³-hybridized carbons (Fsp3) is 0.120. The molecule has 0 spiro atoms. The van der Waals surface area contributed by atoms with Gasteiger partial charge in [-0.25, -0.2) is 14.2 Å². The highest BCUT2D eigenvalue weighted by Crippen LogP contribution is 2.31. The molecule has 0 radical (unpaired) electrons. The van der Waals surface area contributed by atoms with Crippen molar-refractivity contribution in [2.75, 3.05) is 6.61 Å². The molecule has 0 aromatic heterocycles. The molecule has 0 saturated heterocycles. The van der Waals surface area contributed by atoms with Crippen LogP contribution in [-0.2, 0) is 16.1 Å². The zero-order chi connectivity index (χ0) is 22.5. The van der Waals surface area contributed by atoms with E-state index in [-0.39, 0.29) is 17.2 Å². The summed E-state index contributed by atoms with van der Waals surface area (Å²) in [6.45, 7) is 2.66. The first kappa shape index (κ1) is 21.6. The molecule has 162 valence electrons. The predicted octanol–water partition coefficient (Wildman–Crippen LogP) is 5.80. The lowest BCUT2D eigenvalue weighted by atomic mass is 10.1. The first-order valence-electron chi connectivity index (χ1n) is 9.95. The van der Waals surface area contributed by atoms with Crippen LogP contribution in [0, 0.1) is 5.82 Å². The average molecular weight is 452 g/mol. The van der Waals surface area contributed by atoms with Gasteiger partial charge in [-0.05, 0) is 60.5 Å². The van der Waals surface area contributed by atoms with Crippen LogP contribution in [0.5, 0.6) is 11.5 Å². The zero-order valence-electron chi connectivity index (χ0n) is 17.2. The second-order valence-corrected chi connectivity index (χ2v) is 7.31. The summed E-state index contributed by atoms with van der Waals surface area (Å²) in [6, 6.07) is 18.6. The van der Waals surface area contributed by atoms with Gasteiger partial charge in [-0.1, -0.05) is 41.9 Å². The second-order valence-electron chi connectivity index (χ2n) is 6.87. The Labute approximate surface area is 189 Å². The van der Waals surface area contributed by atoms with Gasteiger partial charge >= 0.3 is 5.97 Å². The van der Waals surface area contributed by atoms with Crippen LogP contribution in [0.25, 0.3) is 6.08 Å². The van der Waals surface area contributed by atoms with E-state index in [0.717, 1.165) is 5.56 Å². The molecule has 0 amide bonds. The molecule has 0 atom stereocenters. The number of halogens is 2. The number of nitrogens with zero attached hydrogens (tertiary/aromatic N) is 1. The van der Waals surface area contributed by atoms with Crippen LogP contribution in [0.4, 0.5) is 4.39 Å². The van der Waals surface area contributed by atoms with Gasteiger partial charge in [0.05, 0.1) is 12.2 Å². The summed E-state index contributed by atoms with van der Waals surface area (Å²) in [5, 5.41) is 0.660. The number of rotatable bonds is 7. The molecule has 0 bridgehead atoms. The Bertz CT molecular complexity index is 1200. The van der Waals surface area contributed by atoms with E-state index >= 15 is 0 Å². The Morgan fingerprint density at radius 1 is 1.03 bits per heavy atom. The SMILES string of the molecule is CCOc1cc(/C=C2/N=C(c3ccccc3F)OC2=O)ccc1OCc1ccc(Cl)cc1. The predicted molar refractivity (Wildman–Crippen MR) is 120 cm³/mol. The number of benzene rings is 3. The molecule has 0 aliphatic carbocycles. The third-order valence-corrected chi connectivity index (χ3v) is 4.86. The van der Waals surface area contributed by atoms with Crippen LogP contribution in [0.15, 0.2) is 77.4 Å². The Kier molecular flexibility index (Phi) is 6.52. The van der Waals surface area contributed by atoms with Crippen LogP contribution in [0.2, 0.25) is 5.02 Å². The van der Waals surface area contributed by atoms with E-state index in [4.69, 9.17) is 25.8 Å². The van der Waals surface area contributed by atoms with Crippen molar-refractivity contribution in [3.63, 3.8) is 0 Å². The van der Waals surface area contributed by atoms with Crippen LogP contribution >= 0.6 is 11.6 Å².